The summed E-state index contributed by atoms with van der Waals surface area (Å²) in [7, 11) is 0. The second-order valence-corrected chi connectivity index (χ2v) is 6.69. The number of aryl methyl sites for hydroxylation is 1. The van der Waals surface area contributed by atoms with Crippen molar-refractivity contribution in [3.8, 4) is 0 Å². The third kappa shape index (κ3) is 3.28. The maximum Gasteiger partial charge on any atom is 0.276 e. The number of aromatic nitrogens is 2. The van der Waals surface area contributed by atoms with E-state index in [-0.39, 0.29) is 11.3 Å². The molecule has 1 aromatic heterocycles. The first kappa shape index (κ1) is 15.6. The Hall–Kier alpha value is -1.78. The third-order valence-corrected chi connectivity index (χ3v) is 4.05. The molecule has 2 rings (SSSR count). The zero-order valence-electron chi connectivity index (χ0n) is 13.5. The van der Waals surface area contributed by atoms with Gasteiger partial charge in [-0.25, -0.2) is 0 Å². The van der Waals surface area contributed by atoms with E-state index in [1.165, 1.54) is 5.57 Å². The van der Waals surface area contributed by atoms with Gasteiger partial charge in [0.1, 0.15) is 0 Å². The van der Waals surface area contributed by atoms with Crippen molar-refractivity contribution in [3.05, 3.63) is 23.0 Å². The molecule has 21 heavy (non-hydrogen) atoms. The molecular weight excluding hydrogens is 264 g/mol. The summed E-state index contributed by atoms with van der Waals surface area (Å²) in [6.45, 7) is 10.1. The smallest absolute Gasteiger partial charge is 0.276 e. The highest BCUT2D eigenvalue weighted by molar-refractivity contribution is 5.97. The molecule has 0 saturated carbocycles. The topological polar surface area (TPSA) is 75.0 Å². The summed E-state index contributed by atoms with van der Waals surface area (Å²) in [5, 5.41) is 7.01. The van der Waals surface area contributed by atoms with Gasteiger partial charge in [-0.15, -0.1) is 0 Å². The van der Waals surface area contributed by atoms with Gasteiger partial charge in [0.25, 0.3) is 5.91 Å². The molecule has 0 aromatic carbocycles. The van der Waals surface area contributed by atoms with Gasteiger partial charge < -0.3 is 10.6 Å². The van der Waals surface area contributed by atoms with E-state index in [0.29, 0.717) is 17.9 Å². The van der Waals surface area contributed by atoms with Crippen molar-refractivity contribution in [2.45, 2.75) is 47.0 Å². The molecule has 1 amide bonds. The number of nitrogens with zero attached hydrogens (tertiary/aromatic N) is 2. The van der Waals surface area contributed by atoms with Gasteiger partial charge >= 0.3 is 0 Å². The maximum absolute atomic E-state index is 12.5. The predicted molar refractivity (Wildman–Crippen MR) is 85.1 cm³/mol. The fourth-order valence-electron chi connectivity index (χ4n) is 2.67. The number of hydrogen-bond acceptors (Lipinski definition) is 3. The van der Waals surface area contributed by atoms with Gasteiger partial charge in [-0.1, -0.05) is 45.8 Å². The molecule has 1 aromatic rings. The van der Waals surface area contributed by atoms with Crippen molar-refractivity contribution in [1.82, 2.24) is 15.1 Å². The number of amides is 1. The van der Waals surface area contributed by atoms with Crippen molar-refractivity contribution in [2.24, 2.45) is 5.41 Å². The first-order valence-electron chi connectivity index (χ1n) is 7.66. The van der Waals surface area contributed by atoms with Crippen molar-refractivity contribution < 1.29 is 4.79 Å². The summed E-state index contributed by atoms with van der Waals surface area (Å²) in [6, 6.07) is 0. The summed E-state index contributed by atoms with van der Waals surface area (Å²) in [5.41, 5.74) is 9.36. The average molecular weight is 290 g/mol. The number of H-pyrrole nitrogens is 1. The van der Waals surface area contributed by atoms with E-state index in [1.54, 1.807) is 0 Å². The molecule has 2 heterocycles. The minimum atomic E-state index is -0.0738. The second kappa shape index (κ2) is 5.92. The number of hydrogen-bond donors (Lipinski definition) is 2. The number of nitrogens with one attached hydrogen (secondary N) is 1. The van der Waals surface area contributed by atoms with Crippen LogP contribution in [0.3, 0.4) is 0 Å². The Bertz CT molecular complexity index is 551. The van der Waals surface area contributed by atoms with E-state index in [2.05, 4.69) is 44.0 Å². The van der Waals surface area contributed by atoms with Crippen LogP contribution in [0.5, 0.6) is 0 Å². The van der Waals surface area contributed by atoms with Crippen molar-refractivity contribution >= 4 is 11.6 Å². The van der Waals surface area contributed by atoms with Crippen LogP contribution in [0.15, 0.2) is 11.6 Å². The van der Waals surface area contributed by atoms with E-state index in [9.17, 15) is 4.79 Å². The molecule has 0 aliphatic carbocycles. The first-order valence-corrected chi connectivity index (χ1v) is 7.66. The Kier molecular flexibility index (Phi) is 4.40. The largest absolute Gasteiger partial charge is 0.395 e. The number of anilines is 1. The fourth-order valence-corrected chi connectivity index (χ4v) is 2.67. The third-order valence-electron chi connectivity index (χ3n) is 4.05. The zero-order chi connectivity index (χ0) is 15.6. The molecule has 0 spiro atoms. The van der Waals surface area contributed by atoms with Crippen molar-refractivity contribution in [3.63, 3.8) is 0 Å². The zero-order valence-corrected chi connectivity index (χ0v) is 13.5. The Morgan fingerprint density at radius 3 is 2.71 bits per heavy atom. The number of carbonyl (C=O) groups excluding carboxylic acids is 1. The van der Waals surface area contributed by atoms with Gasteiger partial charge in [0.2, 0.25) is 0 Å². The highest BCUT2D eigenvalue weighted by Gasteiger charge is 2.27. The lowest BCUT2D eigenvalue weighted by molar-refractivity contribution is 0.0760. The maximum atomic E-state index is 12.5. The first-order chi connectivity index (χ1) is 9.84. The van der Waals surface area contributed by atoms with E-state index in [4.69, 9.17) is 5.73 Å². The minimum absolute atomic E-state index is 0.0738. The van der Waals surface area contributed by atoms with E-state index < -0.39 is 0 Å². The van der Waals surface area contributed by atoms with Gasteiger partial charge in [-0.2, -0.15) is 5.10 Å². The lowest BCUT2D eigenvalue weighted by atomic mass is 9.83. The molecule has 116 valence electrons. The van der Waals surface area contributed by atoms with Crippen LogP contribution < -0.4 is 5.73 Å². The normalized spacial score (nSPS) is 16.0. The minimum Gasteiger partial charge on any atom is -0.395 e. The summed E-state index contributed by atoms with van der Waals surface area (Å²) >= 11 is 0. The monoisotopic (exact) mass is 290 g/mol. The molecule has 0 fully saturated rings. The molecule has 0 unspecified atom stereocenters. The van der Waals surface area contributed by atoms with Crippen molar-refractivity contribution in [2.75, 3.05) is 18.8 Å². The number of nitrogens with two attached hydrogens (primary N) is 1. The molecular formula is C16H26N4O. The van der Waals surface area contributed by atoms with Gasteiger partial charge in [-0.05, 0) is 18.3 Å². The lowest BCUT2D eigenvalue weighted by Gasteiger charge is -2.31. The number of carbonyl (C=O) groups is 1. The predicted octanol–water partition coefficient (Wildman–Crippen LogP) is 2.76. The fraction of sp³-hybridized carbons (Fsp3) is 0.625. The van der Waals surface area contributed by atoms with Gasteiger partial charge in [0.15, 0.2) is 5.69 Å². The van der Waals surface area contributed by atoms with E-state index in [1.807, 2.05) is 4.90 Å². The standard InChI is InChI=1S/C16H26N4O/c1-5-6-12-13(17)14(19-18-12)15(21)20-9-7-11(8-10-20)16(2,3)4/h7H,5-6,8-10,17H2,1-4H3,(H,18,19). The Labute approximate surface area is 126 Å². The van der Waals surface area contributed by atoms with Crippen LogP contribution >= 0.6 is 0 Å². The highest BCUT2D eigenvalue weighted by Crippen LogP contribution is 2.30. The lowest BCUT2D eigenvalue weighted by Crippen LogP contribution is -2.36. The van der Waals surface area contributed by atoms with Crippen LogP contribution in [0.4, 0.5) is 5.69 Å². The Morgan fingerprint density at radius 1 is 1.48 bits per heavy atom. The van der Waals surface area contributed by atoms with E-state index in [0.717, 1.165) is 31.5 Å². The summed E-state index contributed by atoms with van der Waals surface area (Å²) in [5.74, 6) is -0.0738. The molecule has 3 N–H and O–H groups in total. The SMILES string of the molecule is CCCc1[nH]nc(C(=O)N2CC=C(C(C)(C)C)CC2)c1N. The average Bonchev–Trinajstić information content (AvgIpc) is 2.79. The van der Waals surface area contributed by atoms with Crippen molar-refractivity contribution in [1.29, 1.82) is 0 Å². The van der Waals surface area contributed by atoms with Crippen LogP contribution in [-0.2, 0) is 6.42 Å². The molecule has 1 aliphatic heterocycles. The highest BCUT2D eigenvalue weighted by atomic mass is 16.2. The van der Waals surface area contributed by atoms with Gasteiger partial charge in [-0.3, -0.25) is 9.89 Å². The molecule has 5 nitrogen and oxygen atoms in total. The summed E-state index contributed by atoms with van der Waals surface area (Å²) in [4.78, 5) is 14.3. The number of aromatic amines is 1. The van der Waals surface area contributed by atoms with Crippen LogP contribution in [0.25, 0.3) is 0 Å². The number of rotatable bonds is 3. The van der Waals surface area contributed by atoms with Crippen LogP contribution in [0, 0.1) is 5.41 Å². The van der Waals surface area contributed by atoms with E-state index >= 15 is 0 Å². The van der Waals surface area contributed by atoms with Gasteiger partial charge in [0, 0.05) is 13.1 Å². The molecule has 0 saturated heterocycles. The molecule has 5 heteroatoms. The Morgan fingerprint density at radius 2 is 2.19 bits per heavy atom. The summed E-state index contributed by atoms with van der Waals surface area (Å²) in [6.07, 6.45) is 4.88. The second-order valence-electron chi connectivity index (χ2n) is 6.69. The Balaban J connectivity index is 2.11. The quantitative estimate of drug-likeness (QED) is 0.840. The molecule has 0 bridgehead atoms. The molecule has 1 aliphatic rings. The van der Waals surface area contributed by atoms with Crippen LogP contribution in [0.1, 0.15) is 56.7 Å². The number of nitrogen functional groups attached to an aromatic ring is 1. The molecule has 0 radical (unpaired) electrons. The molecule has 0 atom stereocenters. The van der Waals surface area contributed by atoms with Crippen LogP contribution in [-0.4, -0.2) is 34.1 Å². The summed E-state index contributed by atoms with van der Waals surface area (Å²) < 4.78 is 0. The van der Waals surface area contributed by atoms with Crippen LogP contribution in [0.2, 0.25) is 0 Å². The van der Waals surface area contributed by atoms with Gasteiger partial charge in [0.05, 0.1) is 11.4 Å².